The van der Waals surface area contributed by atoms with Gasteiger partial charge in [0.1, 0.15) is 5.84 Å². The van der Waals surface area contributed by atoms with E-state index in [1.54, 1.807) is 0 Å². The van der Waals surface area contributed by atoms with E-state index in [0.717, 1.165) is 50.4 Å². The minimum Gasteiger partial charge on any atom is -0.360 e. The minimum absolute atomic E-state index is 0.215. The summed E-state index contributed by atoms with van der Waals surface area (Å²) < 4.78 is 0. The Labute approximate surface area is 176 Å². The van der Waals surface area contributed by atoms with Gasteiger partial charge in [-0.05, 0) is 59.8 Å². The fraction of sp³-hybridized carbons (Fsp3) is 0.600. The number of aliphatic imine (C=N–C) groups is 2. The first-order valence-corrected chi connectivity index (χ1v) is 11.2. The molecule has 156 valence electrons. The van der Waals surface area contributed by atoms with E-state index in [2.05, 4.69) is 56.9 Å². The molecule has 0 saturated carbocycles. The van der Waals surface area contributed by atoms with Gasteiger partial charge in [0, 0.05) is 43.9 Å². The first kappa shape index (κ1) is 20.3. The van der Waals surface area contributed by atoms with E-state index in [9.17, 15) is 0 Å². The molecule has 1 aromatic carbocycles. The van der Waals surface area contributed by atoms with Crippen molar-refractivity contribution < 1.29 is 0 Å². The van der Waals surface area contributed by atoms with Gasteiger partial charge < -0.3 is 10.6 Å². The van der Waals surface area contributed by atoms with Crippen LogP contribution in [0.3, 0.4) is 0 Å². The molecule has 0 bridgehead atoms. The lowest BCUT2D eigenvalue weighted by Gasteiger charge is -2.42. The van der Waals surface area contributed by atoms with Crippen molar-refractivity contribution in [3.63, 3.8) is 0 Å². The zero-order valence-electron chi connectivity index (χ0n) is 18.5. The molecule has 4 nitrogen and oxygen atoms in total. The van der Waals surface area contributed by atoms with Crippen molar-refractivity contribution >= 4 is 11.5 Å². The van der Waals surface area contributed by atoms with Gasteiger partial charge in [0.2, 0.25) is 0 Å². The van der Waals surface area contributed by atoms with Gasteiger partial charge in [-0.15, -0.1) is 0 Å². The highest BCUT2D eigenvalue weighted by atomic mass is 15.2. The molecule has 0 radical (unpaired) electrons. The van der Waals surface area contributed by atoms with Gasteiger partial charge in [-0.3, -0.25) is 4.99 Å². The zero-order chi connectivity index (χ0) is 20.6. The summed E-state index contributed by atoms with van der Waals surface area (Å²) in [6, 6.07) is 7.33. The van der Waals surface area contributed by atoms with Crippen LogP contribution >= 0.6 is 0 Å². The summed E-state index contributed by atoms with van der Waals surface area (Å²) in [7, 11) is 0. The van der Waals surface area contributed by atoms with Crippen molar-refractivity contribution in [3.8, 4) is 0 Å². The monoisotopic (exact) mass is 392 g/mol. The van der Waals surface area contributed by atoms with Crippen molar-refractivity contribution in [1.82, 2.24) is 4.90 Å². The summed E-state index contributed by atoms with van der Waals surface area (Å²) in [6.07, 6.45) is 9.50. The number of allylic oxidation sites excluding steroid dienone is 1. The molecule has 0 aromatic heterocycles. The molecule has 29 heavy (non-hydrogen) atoms. The summed E-state index contributed by atoms with van der Waals surface area (Å²) in [5.41, 5.74) is 11.8. The molecule has 2 aliphatic heterocycles. The summed E-state index contributed by atoms with van der Waals surface area (Å²) in [5, 5.41) is 0. The molecular weight excluding hydrogens is 356 g/mol. The molecule has 0 spiro atoms. The molecular formula is C25H36N4. The van der Waals surface area contributed by atoms with E-state index in [-0.39, 0.29) is 10.8 Å². The second-order valence-electron chi connectivity index (χ2n) is 10.2. The molecule has 2 N–H and O–H groups in total. The van der Waals surface area contributed by atoms with Gasteiger partial charge in [-0.2, -0.15) is 0 Å². The summed E-state index contributed by atoms with van der Waals surface area (Å²) in [6.45, 7) is 12.3. The summed E-state index contributed by atoms with van der Waals surface area (Å²) >= 11 is 0. The van der Waals surface area contributed by atoms with Crippen LogP contribution in [0, 0.1) is 0 Å². The smallest absolute Gasteiger partial charge is 0.106 e. The fourth-order valence-electron chi connectivity index (χ4n) is 4.92. The van der Waals surface area contributed by atoms with Crippen LogP contribution in [-0.4, -0.2) is 42.1 Å². The van der Waals surface area contributed by atoms with E-state index in [1.165, 1.54) is 29.5 Å². The third-order valence-corrected chi connectivity index (χ3v) is 7.13. The van der Waals surface area contributed by atoms with Crippen molar-refractivity contribution in [3.05, 3.63) is 47.2 Å². The topological polar surface area (TPSA) is 54.0 Å². The van der Waals surface area contributed by atoms with Gasteiger partial charge in [-0.1, -0.05) is 39.8 Å². The Morgan fingerprint density at radius 2 is 1.69 bits per heavy atom. The maximum absolute atomic E-state index is 6.05. The SMILES string of the molecule is CC1(C)CCC(C)(C)c2cc(C3=NCCC(N4CCC(N)CC4)=N/C=C\3)ccc21. The Hall–Kier alpha value is -1.94. The lowest BCUT2D eigenvalue weighted by Crippen LogP contribution is -2.43. The highest BCUT2D eigenvalue weighted by molar-refractivity contribution is 6.09. The van der Waals surface area contributed by atoms with Crippen molar-refractivity contribution in [1.29, 1.82) is 0 Å². The number of fused-ring (bicyclic) bond motifs is 1. The van der Waals surface area contributed by atoms with Crippen LogP contribution < -0.4 is 5.73 Å². The van der Waals surface area contributed by atoms with E-state index >= 15 is 0 Å². The number of amidine groups is 1. The number of piperidine rings is 1. The number of hydrogen-bond acceptors (Lipinski definition) is 4. The Morgan fingerprint density at radius 1 is 1.00 bits per heavy atom. The molecule has 3 aliphatic rings. The van der Waals surface area contributed by atoms with Crippen molar-refractivity contribution in [2.24, 2.45) is 15.7 Å². The van der Waals surface area contributed by atoms with Crippen LogP contribution in [0.25, 0.3) is 0 Å². The molecule has 1 fully saturated rings. The van der Waals surface area contributed by atoms with Crippen LogP contribution in [0.15, 0.2) is 40.5 Å². The highest BCUT2D eigenvalue weighted by Gasteiger charge is 2.37. The average Bonchev–Trinajstić information content (AvgIpc) is 2.66. The van der Waals surface area contributed by atoms with Crippen molar-refractivity contribution in [2.75, 3.05) is 19.6 Å². The number of benzene rings is 1. The minimum atomic E-state index is 0.215. The molecule has 1 saturated heterocycles. The first-order chi connectivity index (χ1) is 13.8. The molecule has 4 heteroatoms. The maximum Gasteiger partial charge on any atom is 0.106 e. The Morgan fingerprint density at radius 3 is 2.41 bits per heavy atom. The molecule has 0 atom stereocenters. The first-order valence-electron chi connectivity index (χ1n) is 11.2. The van der Waals surface area contributed by atoms with E-state index in [0.29, 0.717) is 6.04 Å². The van der Waals surface area contributed by atoms with Crippen LogP contribution in [0.4, 0.5) is 0 Å². The highest BCUT2D eigenvalue weighted by Crippen LogP contribution is 2.45. The largest absolute Gasteiger partial charge is 0.360 e. The Kier molecular flexibility index (Phi) is 5.41. The van der Waals surface area contributed by atoms with Gasteiger partial charge >= 0.3 is 0 Å². The predicted octanol–water partition coefficient (Wildman–Crippen LogP) is 4.56. The number of hydrogen-bond donors (Lipinski definition) is 1. The zero-order valence-corrected chi connectivity index (χ0v) is 18.5. The normalized spacial score (nSPS) is 25.3. The molecule has 2 heterocycles. The third kappa shape index (κ3) is 4.18. The van der Waals surface area contributed by atoms with E-state index in [1.807, 2.05) is 6.20 Å². The lowest BCUT2D eigenvalue weighted by molar-refractivity contribution is 0.309. The molecule has 0 amide bonds. The predicted molar refractivity (Wildman–Crippen MR) is 123 cm³/mol. The fourth-order valence-corrected chi connectivity index (χ4v) is 4.92. The molecule has 1 aromatic rings. The second-order valence-corrected chi connectivity index (χ2v) is 10.2. The summed E-state index contributed by atoms with van der Waals surface area (Å²) in [4.78, 5) is 12.1. The van der Waals surface area contributed by atoms with Crippen LogP contribution in [0.5, 0.6) is 0 Å². The average molecular weight is 393 g/mol. The molecule has 0 unspecified atom stereocenters. The van der Waals surface area contributed by atoms with E-state index < -0.39 is 0 Å². The lowest BCUT2D eigenvalue weighted by atomic mass is 9.63. The van der Waals surface area contributed by atoms with Gasteiger partial charge in [0.05, 0.1) is 5.71 Å². The Bertz CT molecular complexity index is 852. The third-order valence-electron chi connectivity index (χ3n) is 7.13. The second kappa shape index (κ2) is 7.71. The van der Waals surface area contributed by atoms with Gasteiger partial charge in [0.25, 0.3) is 0 Å². The quantitative estimate of drug-likeness (QED) is 0.761. The number of nitrogens with zero attached hydrogens (tertiary/aromatic N) is 3. The van der Waals surface area contributed by atoms with Crippen LogP contribution in [0.1, 0.15) is 76.5 Å². The van der Waals surface area contributed by atoms with Gasteiger partial charge in [0.15, 0.2) is 0 Å². The van der Waals surface area contributed by atoms with E-state index in [4.69, 9.17) is 15.7 Å². The Balaban J connectivity index is 1.58. The maximum atomic E-state index is 6.05. The number of nitrogens with two attached hydrogens (primary N) is 1. The molecule has 1 aliphatic carbocycles. The number of rotatable bonds is 1. The van der Waals surface area contributed by atoms with Crippen LogP contribution in [-0.2, 0) is 10.8 Å². The molecule has 4 rings (SSSR count). The van der Waals surface area contributed by atoms with Crippen LogP contribution in [0.2, 0.25) is 0 Å². The number of likely N-dealkylation sites (tertiary alicyclic amines) is 1. The summed E-state index contributed by atoms with van der Waals surface area (Å²) in [5.74, 6) is 1.16. The van der Waals surface area contributed by atoms with Crippen molar-refractivity contribution in [2.45, 2.75) is 76.7 Å². The van der Waals surface area contributed by atoms with Gasteiger partial charge in [-0.25, -0.2) is 4.99 Å². The standard InChI is InChI=1S/C25H36N4/c1-24(2)11-12-25(3,4)21-17-18(5-6-20(21)24)22-7-13-28-23(8-14-27-22)29-15-9-19(26)10-16-29/h5-7,13,17,19H,8-12,14-16,26H2,1-4H3/b13-7-,27-22?,28-23?.